The number of nitrogen functional groups attached to an aromatic ring is 1. The van der Waals surface area contributed by atoms with Crippen LogP contribution in [-0.4, -0.2) is 68.4 Å². The molecule has 5 N–H and O–H groups in total. The Hall–Kier alpha value is -4.41. The number of carbonyl (C=O) groups is 4. The van der Waals surface area contributed by atoms with Crippen molar-refractivity contribution in [3.8, 4) is 0 Å². The van der Waals surface area contributed by atoms with Crippen LogP contribution in [0.3, 0.4) is 0 Å². The molecule has 1 aliphatic heterocycles. The number of amides is 2. The first-order valence-electron chi connectivity index (χ1n) is 9.66. The summed E-state index contributed by atoms with van der Waals surface area (Å²) in [4.78, 5) is 57.8. The van der Waals surface area contributed by atoms with Gasteiger partial charge in [0.1, 0.15) is 18.2 Å². The predicted octanol–water partition coefficient (Wildman–Crippen LogP) is -0.601. The van der Waals surface area contributed by atoms with Crippen LogP contribution in [0.25, 0.3) is 11.2 Å². The van der Waals surface area contributed by atoms with Crippen molar-refractivity contribution in [2.45, 2.75) is 45.3 Å². The average molecular weight is 479 g/mol. The molecule has 1 saturated heterocycles. The molecule has 3 heterocycles. The van der Waals surface area contributed by atoms with E-state index in [2.05, 4.69) is 25.3 Å². The maximum absolute atomic E-state index is 11.8. The Morgan fingerprint density at radius 3 is 2.41 bits per heavy atom. The van der Waals surface area contributed by atoms with Gasteiger partial charge in [0.25, 0.3) is 5.95 Å². The molecular formula is C17H21N9O8. The molecule has 0 unspecified atom stereocenters. The number of urea groups is 1. The summed E-state index contributed by atoms with van der Waals surface area (Å²) < 4.78 is 23.0. The minimum Gasteiger partial charge on any atom is -0.463 e. The zero-order valence-corrected chi connectivity index (χ0v) is 18.2. The van der Waals surface area contributed by atoms with E-state index in [1.807, 2.05) is 5.43 Å². The van der Waals surface area contributed by atoms with Crippen LogP contribution in [0.1, 0.15) is 27.0 Å². The lowest BCUT2D eigenvalue weighted by molar-refractivity contribution is -0.166. The van der Waals surface area contributed by atoms with E-state index < -0.39 is 48.5 Å². The number of aromatic nitrogens is 4. The van der Waals surface area contributed by atoms with E-state index in [0.717, 1.165) is 6.92 Å². The monoisotopic (exact) mass is 479 g/mol. The molecular weight excluding hydrogens is 458 g/mol. The zero-order chi connectivity index (χ0) is 25.0. The first-order valence-corrected chi connectivity index (χ1v) is 9.66. The van der Waals surface area contributed by atoms with Gasteiger partial charge in [-0.15, -0.1) is 0 Å². The van der Waals surface area contributed by atoms with E-state index >= 15 is 0 Å². The van der Waals surface area contributed by atoms with Gasteiger partial charge in [0.15, 0.2) is 29.9 Å². The van der Waals surface area contributed by atoms with Crippen molar-refractivity contribution < 1.29 is 38.1 Å². The molecule has 0 radical (unpaired) electrons. The number of nitrogens with two attached hydrogens (primary N) is 2. The van der Waals surface area contributed by atoms with Crippen molar-refractivity contribution in [1.29, 1.82) is 0 Å². The second-order valence-electron chi connectivity index (χ2n) is 6.92. The zero-order valence-electron chi connectivity index (χ0n) is 18.2. The quantitative estimate of drug-likeness (QED) is 0.195. The van der Waals surface area contributed by atoms with Crippen LogP contribution in [0.2, 0.25) is 0 Å². The van der Waals surface area contributed by atoms with Gasteiger partial charge < -0.3 is 30.4 Å². The fourth-order valence-corrected chi connectivity index (χ4v) is 3.19. The third-order valence-corrected chi connectivity index (χ3v) is 4.35. The van der Waals surface area contributed by atoms with Crippen molar-refractivity contribution in [1.82, 2.24) is 24.9 Å². The molecule has 0 bridgehead atoms. The summed E-state index contributed by atoms with van der Waals surface area (Å²) in [6.45, 7) is 3.24. The summed E-state index contributed by atoms with van der Waals surface area (Å²) in [5.74, 6) is -2.28. The highest BCUT2D eigenvalue weighted by Crippen LogP contribution is 2.36. The van der Waals surface area contributed by atoms with E-state index in [9.17, 15) is 19.2 Å². The number of rotatable bonds is 7. The van der Waals surface area contributed by atoms with Crippen LogP contribution < -0.4 is 16.9 Å². The Balaban J connectivity index is 2.04. The standard InChI is InChI=1S/C17H21N9O8/c1-6(27)31-4-9-11(32-7(2)28)12(33-8(3)29)15(34-9)26-5-20-10-13(18)21-17(22-14(10)26)24-25-23-16(19)30/h5,9,11-12,15H,4H2,1-3H3,(H5,18,19,21,22,23,24,30)/t9-,11-,12-,15-/m1/s1. The fraction of sp³-hybridized carbons (Fsp3) is 0.471. The predicted molar refractivity (Wildman–Crippen MR) is 109 cm³/mol. The Morgan fingerprint density at radius 2 is 1.79 bits per heavy atom. The SMILES string of the molecule is CC(=O)OC[C@H]1O[C@@H](n2cnc3c(N)nc(/N=N/NC(N)=O)nc32)[C@H](OC(C)=O)[C@@H]1OC(C)=O. The maximum Gasteiger partial charge on any atom is 0.333 e. The molecule has 182 valence electrons. The molecule has 0 aliphatic carbocycles. The van der Waals surface area contributed by atoms with Crippen LogP contribution in [0, 0.1) is 0 Å². The van der Waals surface area contributed by atoms with Crippen LogP contribution in [0.5, 0.6) is 0 Å². The van der Waals surface area contributed by atoms with Crippen molar-refractivity contribution in [3.63, 3.8) is 0 Å². The van der Waals surface area contributed by atoms with E-state index in [0.29, 0.717) is 0 Å². The minimum absolute atomic E-state index is 0.0770. The third kappa shape index (κ3) is 5.49. The minimum atomic E-state index is -1.17. The summed E-state index contributed by atoms with van der Waals surface area (Å²) in [5, 5.41) is 6.94. The molecule has 34 heavy (non-hydrogen) atoms. The van der Waals surface area contributed by atoms with E-state index in [4.69, 9.17) is 30.4 Å². The van der Waals surface area contributed by atoms with Crippen LogP contribution in [-0.2, 0) is 33.3 Å². The van der Waals surface area contributed by atoms with Gasteiger partial charge in [0, 0.05) is 20.8 Å². The number of hydrogen-bond donors (Lipinski definition) is 3. The number of fused-ring (bicyclic) bond motifs is 1. The van der Waals surface area contributed by atoms with Gasteiger partial charge in [0.05, 0.1) is 6.33 Å². The second-order valence-corrected chi connectivity index (χ2v) is 6.92. The molecule has 1 fully saturated rings. The van der Waals surface area contributed by atoms with Gasteiger partial charge in [0.2, 0.25) is 0 Å². The average Bonchev–Trinajstić information content (AvgIpc) is 3.28. The summed E-state index contributed by atoms with van der Waals surface area (Å²) in [7, 11) is 0. The molecule has 0 spiro atoms. The normalized spacial score (nSPS) is 22.0. The maximum atomic E-state index is 11.8. The van der Waals surface area contributed by atoms with E-state index in [1.54, 1.807) is 0 Å². The molecule has 4 atom stereocenters. The highest BCUT2D eigenvalue weighted by molar-refractivity contribution is 5.82. The number of anilines is 1. The Kier molecular flexibility index (Phi) is 7.15. The van der Waals surface area contributed by atoms with Gasteiger partial charge >= 0.3 is 23.9 Å². The molecule has 2 amide bonds. The smallest absolute Gasteiger partial charge is 0.333 e. The number of esters is 3. The third-order valence-electron chi connectivity index (χ3n) is 4.35. The van der Waals surface area contributed by atoms with Gasteiger partial charge in [-0.25, -0.2) is 15.2 Å². The summed E-state index contributed by atoms with van der Waals surface area (Å²) in [6.07, 6.45) is -3.11. The second kappa shape index (κ2) is 10.0. The largest absolute Gasteiger partial charge is 0.463 e. The Bertz CT molecular complexity index is 1150. The number of primary amides is 1. The van der Waals surface area contributed by atoms with Crippen LogP contribution in [0.4, 0.5) is 16.6 Å². The molecule has 17 nitrogen and oxygen atoms in total. The lowest BCUT2D eigenvalue weighted by Gasteiger charge is -2.23. The van der Waals surface area contributed by atoms with Gasteiger partial charge in [-0.1, -0.05) is 10.3 Å². The van der Waals surface area contributed by atoms with Gasteiger partial charge in [-0.3, -0.25) is 19.0 Å². The van der Waals surface area contributed by atoms with Gasteiger partial charge in [-0.05, 0) is 0 Å². The lowest BCUT2D eigenvalue weighted by atomic mass is 10.1. The number of nitrogens with zero attached hydrogens (tertiary/aromatic N) is 6. The lowest BCUT2D eigenvalue weighted by Crippen LogP contribution is -2.40. The first kappa shape index (κ1) is 24.2. The molecule has 1 aliphatic rings. The van der Waals surface area contributed by atoms with Crippen molar-refractivity contribution in [2.75, 3.05) is 12.3 Å². The summed E-state index contributed by atoms with van der Waals surface area (Å²) in [6, 6.07) is -0.957. The number of carbonyl (C=O) groups excluding carboxylic acids is 4. The highest BCUT2D eigenvalue weighted by Gasteiger charge is 2.51. The molecule has 0 aromatic carbocycles. The number of ether oxygens (including phenoxy) is 4. The van der Waals surface area contributed by atoms with Crippen molar-refractivity contribution >= 4 is 46.9 Å². The summed E-state index contributed by atoms with van der Waals surface area (Å²) in [5.41, 5.74) is 13.0. The Labute approximate surface area is 190 Å². The summed E-state index contributed by atoms with van der Waals surface area (Å²) >= 11 is 0. The number of nitrogens with one attached hydrogen (secondary N) is 1. The molecule has 0 saturated carbocycles. The molecule has 2 aromatic heterocycles. The number of hydrogen-bond acceptors (Lipinski definition) is 14. The number of imidazole rings is 1. The van der Waals surface area contributed by atoms with Crippen LogP contribution in [0.15, 0.2) is 16.7 Å². The molecule has 3 rings (SSSR count). The van der Waals surface area contributed by atoms with E-state index in [-0.39, 0.29) is 29.5 Å². The van der Waals surface area contributed by atoms with Crippen molar-refractivity contribution in [3.05, 3.63) is 6.33 Å². The molecule has 2 aromatic rings. The topological polar surface area (TPSA) is 238 Å². The highest BCUT2D eigenvalue weighted by atomic mass is 16.7. The van der Waals surface area contributed by atoms with Crippen LogP contribution >= 0.6 is 0 Å². The van der Waals surface area contributed by atoms with E-state index in [1.165, 1.54) is 24.7 Å². The molecule has 17 heteroatoms. The van der Waals surface area contributed by atoms with Crippen molar-refractivity contribution in [2.24, 2.45) is 16.1 Å². The first-order chi connectivity index (χ1) is 16.1. The Morgan fingerprint density at radius 1 is 1.12 bits per heavy atom. The fourth-order valence-electron chi connectivity index (χ4n) is 3.19. The van der Waals surface area contributed by atoms with Gasteiger partial charge in [-0.2, -0.15) is 9.97 Å².